The first kappa shape index (κ1) is 25.1. The number of aliphatic carboxylic acids is 1. The quantitative estimate of drug-likeness (QED) is 0.631. The Bertz CT molecular complexity index is 636. The Labute approximate surface area is 175 Å². The van der Waals surface area contributed by atoms with Crippen LogP contribution in [0, 0.1) is 11.3 Å². The van der Waals surface area contributed by atoms with Gasteiger partial charge in [-0.3, -0.25) is 14.5 Å². The lowest BCUT2D eigenvalue weighted by atomic mass is 9.84. The monoisotopic (exact) mass is 409 g/mol. The van der Waals surface area contributed by atoms with Gasteiger partial charge in [-0.05, 0) is 44.7 Å². The van der Waals surface area contributed by atoms with Crippen LogP contribution in [-0.2, 0) is 14.4 Å². The highest BCUT2D eigenvalue weighted by Crippen LogP contribution is 2.25. The first-order chi connectivity index (χ1) is 13.3. The third-order valence-electron chi connectivity index (χ3n) is 5.71. The van der Waals surface area contributed by atoms with Gasteiger partial charge in [-0.25, -0.2) is 4.79 Å². The van der Waals surface area contributed by atoms with Gasteiger partial charge >= 0.3 is 5.97 Å². The molecule has 7 nitrogen and oxygen atoms in total. The summed E-state index contributed by atoms with van der Waals surface area (Å²) < 4.78 is 0. The molecule has 0 aromatic heterocycles. The van der Waals surface area contributed by atoms with E-state index >= 15 is 0 Å². The van der Waals surface area contributed by atoms with E-state index in [1.165, 1.54) is 6.92 Å². The number of amides is 2. The second-order valence-electron chi connectivity index (χ2n) is 9.64. The molecule has 0 radical (unpaired) electrons. The van der Waals surface area contributed by atoms with Gasteiger partial charge < -0.3 is 15.3 Å². The van der Waals surface area contributed by atoms with Gasteiger partial charge in [0.25, 0.3) is 0 Å². The highest BCUT2D eigenvalue weighted by molar-refractivity contribution is 5.91. The molecule has 0 aromatic carbocycles. The maximum Gasteiger partial charge on any atom is 0.331 e. The third kappa shape index (κ3) is 6.84. The number of carboxylic acids is 1. The zero-order chi connectivity index (χ0) is 22.5. The molecule has 1 fully saturated rings. The van der Waals surface area contributed by atoms with Crippen LogP contribution in [0.1, 0.15) is 60.8 Å². The summed E-state index contributed by atoms with van der Waals surface area (Å²) in [6.07, 6.45) is 4.49. The Kier molecular flexibility index (Phi) is 8.87. The molecule has 1 aliphatic heterocycles. The number of likely N-dealkylation sites (N-methyl/N-ethyl adjacent to an activating group) is 2. The molecule has 2 N–H and O–H groups in total. The minimum Gasteiger partial charge on any atom is -0.478 e. The van der Waals surface area contributed by atoms with Crippen molar-refractivity contribution in [3.63, 3.8) is 0 Å². The largest absolute Gasteiger partial charge is 0.478 e. The van der Waals surface area contributed by atoms with Crippen molar-refractivity contribution in [1.82, 2.24) is 15.1 Å². The number of hydrogen-bond acceptors (Lipinski definition) is 4. The van der Waals surface area contributed by atoms with Gasteiger partial charge in [0.1, 0.15) is 6.04 Å². The van der Waals surface area contributed by atoms with E-state index in [2.05, 4.69) is 5.32 Å². The van der Waals surface area contributed by atoms with Crippen molar-refractivity contribution in [3.8, 4) is 0 Å². The van der Waals surface area contributed by atoms with E-state index in [4.69, 9.17) is 0 Å². The van der Waals surface area contributed by atoms with Gasteiger partial charge in [-0.2, -0.15) is 0 Å². The van der Waals surface area contributed by atoms with Crippen LogP contribution in [0.25, 0.3) is 0 Å². The fourth-order valence-electron chi connectivity index (χ4n) is 3.72. The van der Waals surface area contributed by atoms with E-state index in [1.807, 2.05) is 46.6 Å². The molecule has 0 spiro atoms. The third-order valence-corrected chi connectivity index (χ3v) is 5.71. The molecule has 7 heteroatoms. The summed E-state index contributed by atoms with van der Waals surface area (Å²) in [5, 5.41) is 12.2. The van der Waals surface area contributed by atoms with Crippen LogP contribution in [0.2, 0.25) is 0 Å². The molecule has 0 unspecified atom stereocenters. The van der Waals surface area contributed by atoms with Gasteiger partial charge in [0.2, 0.25) is 11.8 Å². The fraction of sp³-hybridized carbons (Fsp3) is 0.773. The summed E-state index contributed by atoms with van der Waals surface area (Å²) >= 11 is 0. The van der Waals surface area contributed by atoms with Gasteiger partial charge in [-0.1, -0.05) is 47.1 Å². The molecule has 0 aliphatic carbocycles. The molecular weight excluding hydrogens is 370 g/mol. The molecule has 3 atom stereocenters. The van der Waals surface area contributed by atoms with Crippen LogP contribution in [0.15, 0.2) is 11.6 Å². The fourth-order valence-corrected chi connectivity index (χ4v) is 3.72. The molecule has 0 saturated carbocycles. The normalized spacial score (nSPS) is 20.9. The van der Waals surface area contributed by atoms with Crippen LogP contribution in [0.4, 0.5) is 0 Å². The number of carboxylic acid groups (broad SMARTS) is 1. The standard InChI is InChI=1S/C22H39N3O4/c1-14(2)17(13-15(3)21(28)29)25(8)20(27)18(22(4,5)6)23-19(26)16-11-9-10-12-24(16)7/h13-14,16-18H,9-12H2,1-8H3,(H,23,26)(H,28,29)/b15-13+/t16-,17-,18-/m0/s1. The number of rotatable bonds is 7. The van der Waals surface area contributed by atoms with E-state index in [0.29, 0.717) is 0 Å². The van der Waals surface area contributed by atoms with E-state index in [9.17, 15) is 19.5 Å². The summed E-state index contributed by atoms with van der Waals surface area (Å²) in [7, 11) is 3.62. The van der Waals surface area contributed by atoms with Gasteiger partial charge in [0.05, 0.1) is 12.1 Å². The summed E-state index contributed by atoms with van der Waals surface area (Å²) in [6, 6.07) is -1.30. The van der Waals surface area contributed by atoms with E-state index < -0.39 is 17.4 Å². The molecular formula is C22H39N3O4. The molecule has 2 amide bonds. The van der Waals surface area contributed by atoms with Crippen LogP contribution in [0.3, 0.4) is 0 Å². The number of piperidine rings is 1. The average molecular weight is 410 g/mol. The van der Waals surface area contributed by atoms with Crippen molar-refractivity contribution in [2.45, 2.75) is 78.9 Å². The van der Waals surface area contributed by atoms with Crippen LogP contribution >= 0.6 is 0 Å². The van der Waals surface area contributed by atoms with Crippen LogP contribution in [0.5, 0.6) is 0 Å². The number of likely N-dealkylation sites (tertiary alicyclic amines) is 1. The number of carbonyl (C=O) groups excluding carboxylic acids is 2. The van der Waals surface area contributed by atoms with Gasteiger partial charge in [-0.15, -0.1) is 0 Å². The zero-order valence-corrected chi connectivity index (χ0v) is 19.3. The molecule has 29 heavy (non-hydrogen) atoms. The smallest absolute Gasteiger partial charge is 0.331 e. The summed E-state index contributed by atoms with van der Waals surface area (Å²) in [5.41, 5.74) is -0.287. The second-order valence-corrected chi connectivity index (χ2v) is 9.64. The topological polar surface area (TPSA) is 90.0 Å². The Morgan fingerprint density at radius 2 is 1.79 bits per heavy atom. The number of hydrogen-bond donors (Lipinski definition) is 2. The van der Waals surface area contributed by atoms with Crippen molar-refractivity contribution in [3.05, 3.63) is 11.6 Å². The summed E-state index contributed by atoms with van der Waals surface area (Å²) in [4.78, 5) is 41.2. The lowest BCUT2D eigenvalue weighted by Gasteiger charge is -2.39. The van der Waals surface area contributed by atoms with Crippen molar-refractivity contribution >= 4 is 17.8 Å². The minimum atomic E-state index is -1.00. The van der Waals surface area contributed by atoms with Crippen LogP contribution in [-0.4, -0.2) is 71.5 Å². The Hall–Kier alpha value is -1.89. The first-order valence-corrected chi connectivity index (χ1v) is 10.5. The lowest BCUT2D eigenvalue weighted by molar-refractivity contribution is -0.141. The predicted octanol–water partition coefficient (Wildman–Crippen LogP) is 2.52. The second kappa shape index (κ2) is 10.2. The van der Waals surface area contributed by atoms with E-state index in [1.54, 1.807) is 18.0 Å². The van der Waals surface area contributed by atoms with Gasteiger partial charge in [0, 0.05) is 12.6 Å². The van der Waals surface area contributed by atoms with Crippen molar-refractivity contribution in [1.29, 1.82) is 0 Å². The van der Waals surface area contributed by atoms with Crippen molar-refractivity contribution in [2.24, 2.45) is 11.3 Å². The summed E-state index contributed by atoms with van der Waals surface area (Å²) in [5.74, 6) is -1.30. The Morgan fingerprint density at radius 1 is 1.21 bits per heavy atom. The molecule has 1 aliphatic rings. The molecule has 166 valence electrons. The first-order valence-electron chi connectivity index (χ1n) is 10.5. The predicted molar refractivity (Wildman–Crippen MR) is 114 cm³/mol. The van der Waals surface area contributed by atoms with E-state index in [-0.39, 0.29) is 35.4 Å². The minimum absolute atomic E-state index is 0.0269. The number of nitrogens with one attached hydrogen (secondary N) is 1. The molecule has 1 saturated heterocycles. The van der Waals surface area contributed by atoms with Crippen LogP contribution < -0.4 is 5.32 Å². The number of carbonyl (C=O) groups is 3. The summed E-state index contributed by atoms with van der Waals surface area (Å²) in [6.45, 7) is 12.1. The maximum atomic E-state index is 13.4. The Balaban J connectivity index is 3.10. The highest BCUT2D eigenvalue weighted by Gasteiger charge is 2.39. The maximum absolute atomic E-state index is 13.4. The Morgan fingerprint density at radius 3 is 2.24 bits per heavy atom. The van der Waals surface area contributed by atoms with Crippen molar-refractivity contribution < 1.29 is 19.5 Å². The molecule has 0 aromatic rings. The average Bonchev–Trinajstić information content (AvgIpc) is 2.61. The molecule has 1 heterocycles. The highest BCUT2D eigenvalue weighted by atomic mass is 16.4. The lowest BCUT2D eigenvalue weighted by Crippen LogP contribution is -2.59. The van der Waals surface area contributed by atoms with Gasteiger partial charge in [0.15, 0.2) is 0 Å². The number of nitrogens with zero attached hydrogens (tertiary/aromatic N) is 2. The van der Waals surface area contributed by atoms with E-state index in [0.717, 1.165) is 25.8 Å². The zero-order valence-electron chi connectivity index (χ0n) is 19.3. The molecule has 0 bridgehead atoms. The molecule has 1 rings (SSSR count). The van der Waals surface area contributed by atoms with Crippen molar-refractivity contribution in [2.75, 3.05) is 20.6 Å². The SMILES string of the molecule is C/C(=C\[C@@H](C(C)C)N(C)C(=O)[C@H](NC(=O)[C@@H]1CCCCN1C)C(C)(C)C)C(=O)O.